The molecule has 1 aliphatic rings. The van der Waals surface area contributed by atoms with Crippen LogP contribution < -0.4 is 11.1 Å². The van der Waals surface area contributed by atoms with Gasteiger partial charge in [-0.15, -0.1) is 24.8 Å². The maximum absolute atomic E-state index is 12.0. The third-order valence-electron chi connectivity index (χ3n) is 4.06. The molecule has 0 saturated carbocycles. The van der Waals surface area contributed by atoms with E-state index in [0.29, 0.717) is 12.0 Å². The summed E-state index contributed by atoms with van der Waals surface area (Å²) in [5, 5.41) is 3.03. The Bertz CT molecular complexity index is 306. The van der Waals surface area contributed by atoms with E-state index in [0.717, 1.165) is 13.1 Å². The van der Waals surface area contributed by atoms with Crippen LogP contribution in [0.2, 0.25) is 0 Å². The summed E-state index contributed by atoms with van der Waals surface area (Å²) in [7, 11) is 0. The number of carbonyl (C=O) groups is 1. The van der Waals surface area contributed by atoms with Crippen molar-refractivity contribution >= 4 is 30.7 Å². The van der Waals surface area contributed by atoms with E-state index in [1.54, 1.807) is 0 Å². The number of likely N-dealkylation sites (tertiary alicyclic amines) is 1. The first-order valence-electron chi connectivity index (χ1n) is 7.49. The fourth-order valence-corrected chi connectivity index (χ4v) is 2.48. The summed E-state index contributed by atoms with van der Waals surface area (Å²) in [4.78, 5) is 14.5. The predicted molar refractivity (Wildman–Crippen MR) is 94.4 cm³/mol. The van der Waals surface area contributed by atoms with Crippen LogP contribution in [-0.4, -0.2) is 42.5 Å². The van der Waals surface area contributed by atoms with E-state index < -0.39 is 6.04 Å². The first kappa shape index (κ1) is 23.2. The Morgan fingerprint density at radius 2 is 1.90 bits per heavy atom. The Morgan fingerprint density at radius 1 is 1.33 bits per heavy atom. The zero-order valence-electron chi connectivity index (χ0n) is 14.0. The van der Waals surface area contributed by atoms with E-state index in [2.05, 4.69) is 24.1 Å². The molecule has 1 rings (SSSR count). The van der Waals surface area contributed by atoms with Crippen LogP contribution in [0, 0.1) is 11.3 Å². The number of amides is 1. The second-order valence-electron chi connectivity index (χ2n) is 7.19. The van der Waals surface area contributed by atoms with Gasteiger partial charge in [0.05, 0.1) is 6.04 Å². The van der Waals surface area contributed by atoms with E-state index in [9.17, 15) is 4.79 Å². The minimum atomic E-state index is -0.433. The van der Waals surface area contributed by atoms with Gasteiger partial charge >= 0.3 is 0 Å². The van der Waals surface area contributed by atoms with E-state index in [1.165, 1.54) is 19.4 Å². The zero-order chi connectivity index (χ0) is 14.6. The highest BCUT2D eigenvalue weighted by molar-refractivity contribution is 5.85. The van der Waals surface area contributed by atoms with Gasteiger partial charge in [0.15, 0.2) is 0 Å². The summed E-state index contributed by atoms with van der Waals surface area (Å²) >= 11 is 0. The van der Waals surface area contributed by atoms with Crippen LogP contribution in [0.1, 0.15) is 47.5 Å². The SMILES string of the molecule is CC(C)N1CCCC(CNC(=O)[C@@H](N)C(C)(C)C)C1.Cl.Cl. The van der Waals surface area contributed by atoms with Crippen molar-refractivity contribution in [2.45, 2.75) is 59.5 Å². The van der Waals surface area contributed by atoms with Crippen LogP contribution in [0.4, 0.5) is 0 Å². The van der Waals surface area contributed by atoms with Gasteiger partial charge < -0.3 is 16.0 Å². The molecular weight excluding hydrogens is 309 g/mol. The molecule has 1 aliphatic heterocycles. The van der Waals surface area contributed by atoms with Gasteiger partial charge in [-0.3, -0.25) is 4.79 Å². The van der Waals surface area contributed by atoms with Gasteiger partial charge in [0.2, 0.25) is 5.91 Å². The molecular formula is C15H33Cl2N3O. The van der Waals surface area contributed by atoms with Gasteiger partial charge in [-0.05, 0) is 44.6 Å². The average Bonchev–Trinajstić information content (AvgIpc) is 2.34. The normalized spacial score (nSPS) is 21.2. The third kappa shape index (κ3) is 7.68. The average molecular weight is 342 g/mol. The Hall–Kier alpha value is -0.0300. The quantitative estimate of drug-likeness (QED) is 0.825. The van der Waals surface area contributed by atoms with Crippen LogP contribution in [0.3, 0.4) is 0 Å². The monoisotopic (exact) mass is 341 g/mol. The van der Waals surface area contributed by atoms with Crippen molar-refractivity contribution in [2.24, 2.45) is 17.1 Å². The molecule has 2 atom stereocenters. The van der Waals surface area contributed by atoms with Crippen molar-refractivity contribution in [2.75, 3.05) is 19.6 Å². The number of nitrogens with zero attached hydrogens (tertiary/aromatic N) is 1. The van der Waals surface area contributed by atoms with Gasteiger partial charge in [-0.1, -0.05) is 20.8 Å². The number of rotatable bonds is 4. The van der Waals surface area contributed by atoms with Crippen LogP contribution in [-0.2, 0) is 4.79 Å². The molecule has 1 unspecified atom stereocenters. The lowest BCUT2D eigenvalue weighted by molar-refractivity contribution is -0.124. The zero-order valence-corrected chi connectivity index (χ0v) is 15.6. The molecule has 0 aromatic rings. The Morgan fingerprint density at radius 3 is 2.38 bits per heavy atom. The minimum Gasteiger partial charge on any atom is -0.354 e. The van der Waals surface area contributed by atoms with Crippen molar-refractivity contribution in [1.82, 2.24) is 10.2 Å². The first-order chi connectivity index (χ1) is 8.71. The summed E-state index contributed by atoms with van der Waals surface area (Å²) in [6.07, 6.45) is 2.43. The van der Waals surface area contributed by atoms with Crippen molar-refractivity contribution in [3.05, 3.63) is 0 Å². The summed E-state index contributed by atoms with van der Waals surface area (Å²) in [6.45, 7) is 13.5. The number of nitrogens with one attached hydrogen (secondary N) is 1. The lowest BCUT2D eigenvalue weighted by Crippen LogP contribution is -2.51. The molecule has 0 aliphatic carbocycles. The second-order valence-corrected chi connectivity index (χ2v) is 7.19. The number of piperidine rings is 1. The highest BCUT2D eigenvalue weighted by Gasteiger charge is 2.28. The third-order valence-corrected chi connectivity index (χ3v) is 4.06. The van der Waals surface area contributed by atoms with Crippen molar-refractivity contribution in [1.29, 1.82) is 0 Å². The summed E-state index contributed by atoms with van der Waals surface area (Å²) in [6, 6.07) is 0.160. The molecule has 6 heteroatoms. The van der Waals surface area contributed by atoms with E-state index in [4.69, 9.17) is 5.73 Å². The highest BCUT2D eigenvalue weighted by atomic mass is 35.5. The second kappa shape index (κ2) is 9.88. The fraction of sp³-hybridized carbons (Fsp3) is 0.933. The molecule has 0 spiro atoms. The Balaban J connectivity index is 0. The molecule has 4 nitrogen and oxygen atoms in total. The van der Waals surface area contributed by atoms with Gasteiger partial charge in [0, 0.05) is 19.1 Å². The van der Waals surface area contributed by atoms with Crippen molar-refractivity contribution < 1.29 is 4.79 Å². The smallest absolute Gasteiger partial charge is 0.237 e. The number of hydrogen-bond donors (Lipinski definition) is 2. The maximum atomic E-state index is 12.0. The Kier molecular flexibility index (Phi) is 10.9. The van der Waals surface area contributed by atoms with Gasteiger partial charge in [0.25, 0.3) is 0 Å². The molecule has 0 radical (unpaired) electrons. The van der Waals surface area contributed by atoms with Gasteiger partial charge in [0.1, 0.15) is 0 Å². The van der Waals surface area contributed by atoms with Crippen LogP contribution in [0.5, 0.6) is 0 Å². The number of nitrogens with two attached hydrogens (primary N) is 1. The largest absolute Gasteiger partial charge is 0.354 e. The lowest BCUT2D eigenvalue weighted by Gasteiger charge is -2.36. The number of hydrogen-bond acceptors (Lipinski definition) is 3. The van der Waals surface area contributed by atoms with E-state index >= 15 is 0 Å². The highest BCUT2D eigenvalue weighted by Crippen LogP contribution is 2.19. The van der Waals surface area contributed by atoms with Crippen LogP contribution in [0.25, 0.3) is 0 Å². The molecule has 0 aromatic carbocycles. The van der Waals surface area contributed by atoms with E-state index in [-0.39, 0.29) is 36.1 Å². The molecule has 1 heterocycles. The Labute approximate surface area is 142 Å². The van der Waals surface area contributed by atoms with Gasteiger partial charge in [-0.25, -0.2) is 0 Å². The molecule has 0 bridgehead atoms. The number of carbonyl (C=O) groups excluding carboxylic acids is 1. The van der Waals surface area contributed by atoms with Crippen LogP contribution in [0.15, 0.2) is 0 Å². The standard InChI is InChI=1S/C15H31N3O.2ClH/c1-11(2)18-8-6-7-12(10-18)9-17-14(19)13(16)15(3,4)5;;/h11-13H,6-10,16H2,1-5H3,(H,17,19);2*1H/t12?,13-;;/m1../s1. The molecule has 1 amide bonds. The molecule has 1 fully saturated rings. The lowest BCUT2D eigenvalue weighted by atomic mass is 9.86. The van der Waals surface area contributed by atoms with Gasteiger partial charge in [-0.2, -0.15) is 0 Å². The molecule has 0 aromatic heterocycles. The van der Waals surface area contributed by atoms with Crippen molar-refractivity contribution in [3.63, 3.8) is 0 Å². The number of halogens is 2. The van der Waals surface area contributed by atoms with E-state index in [1.807, 2.05) is 20.8 Å². The summed E-state index contributed by atoms with van der Waals surface area (Å²) in [5.41, 5.74) is 5.78. The van der Waals surface area contributed by atoms with Crippen molar-refractivity contribution in [3.8, 4) is 0 Å². The molecule has 3 N–H and O–H groups in total. The van der Waals surface area contributed by atoms with Crippen LogP contribution >= 0.6 is 24.8 Å². The first-order valence-corrected chi connectivity index (χ1v) is 7.49. The fourth-order valence-electron chi connectivity index (χ4n) is 2.48. The predicted octanol–water partition coefficient (Wildman–Crippen LogP) is 2.44. The summed E-state index contributed by atoms with van der Waals surface area (Å²) < 4.78 is 0. The molecule has 128 valence electrons. The topological polar surface area (TPSA) is 58.4 Å². The summed E-state index contributed by atoms with van der Waals surface area (Å²) in [5.74, 6) is 0.543. The molecule has 21 heavy (non-hydrogen) atoms. The minimum absolute atomic E-state index is 0. The maximum Gasteiger partial charge on any atom is 0.237 e. The molecule has 1 saturated heterocycles.